The smallest absolute Gasteiger partial charge is 0.216 e. The van der Waals surface area contributed by atoms with Crippen LogP contribution in [0.3, 0.4) is 0 Å². The summed E-state index contributed by atoms with van der Waals surface area (Å²) in [5.41, 5.74) is 12.7. The standard InChI is InChI=1S/C68H74N8O2/c1-13-17-29-73-53-27-23-21-25-49(53)65(5,6)57(73)33-45-61(43(39-69)40-70)47(63(45)77)35-59-67(9,10)51-37-52-56(38-55(51)75(59)31-19-15-3)76(32-20-16-4)60(68(52,11)12)36-48-62(44(41-71)42-72)46(64(48)78)34-58-66(7,8)50-26-22-24-28-54(50)74(58)30-18-14-2/h21-28,33-38H,13-20,29-32H2,1-12H3. The molecule has 4 aliphatic heterocycles. The highest BCUT2D eigenvalue weighted by Crippen LogP contribution is 2.55. The molecule has 0 saturated heterocycles. The van der Waals surface area contributed by atoms with Crippen molar-refractivity contribution in [3.05, 3.63) is 175 Å². The molecule has 10 heteroatoms. The molecule has 0 bridgehead atoms. The largest absolute Gasteiger partial charge is 0.872 e. The molecule has 2 aliphatic carbocycles. The highest BCUT2D eigenvalue weighted by Gasteiger charge is 2.52. The van der Waals surface area contributed by atoms with E-state index in [4.69, 9.17) is 0 Å². The summed E-state index contributed by atoms with van der Waals surface area (Å²) in [5.74, 6) is -0.368. The number of unbranched alkanes of at least 4 members (excludes halogenated alkanes) is 4. The van der Waals surface area contributed by atoms with E-state index in [0.29, 0.717) is 46.5 Å². The summed E-state index contributed by atoms with van der Waals surface area (Å²) in [6.45, 7) is 29.0. The summed E-state index contributed by atoms with van der Waals surface area (Å²) in [5, 5.41) is 71.7. The molecule has 0 N–H and O–H groups in total. The number of benzene rings is 3. The number of hydrogen-bond donors (Lipinski definition) is 0. The number of para-hydroxylation sites is 2. The molecule has 0 aromatic heterocycles. The Bertz CT molecular complexity index is 3320. The van der Waals surface area contributed by atoms with Crippen molar-refractivity contribution in [2.45, 2.75) is 156 Å². The summed E-state index contributed by atoms with van der Waals surface area (Å²) < 4.78 is 4.67. The molecule has 3 aromatic rings. The van der Waals surface area contributed by atoms with Crippen LogP contribution < -0.4 is 20.0 Å². The molecule has 9 rings (SSSR count). The lowest BCUT2D eigenvalue weighted by atomic mass is 9.73. The minimum atomic E-state index is -0.619. The van der Waals surface area contributed by atoms with E-state index in [-0.39, 0.29) is 22.7 Å². The van der Waals surface area contributed by atoms with Crippen LogP contribution in [0, 0.1) is 45.3 Å². The Morgan fingerprint density at radius 1 is 0.487 bits per heavy atom. The van der Waals surface area contributed by atoms with Crippen LogP contribution in [0.5, 0.6) is 0 Å². The zero-order valence-electron chi connectivity index (χ0n) is 48.0. The van der Waals surface area contributed by atoms with E-state index in [0.717, 1.165) is 121 Å². The van der Waals surface area contributed by atoms with Crippen molar-refractivity contribution in [1.82, 2.24) is 0 Å². The topological polar surface area (TPSA) is 154 Å². The van der Waals surface area contributed by atoms with Crippen LogP contribution in [0.2, 0.25) is 0 Å². The van der Waals surface area contributed by atoms with Gasteiger partial charge < -0.3 is 20.0 Å². The fraction of sp³-hybridized carbons (Fsp3) is 0.412. The summed E-state index contributed by atoms with van der Waals surface area (Å²) in [6.07, 6.45) is 15.4. The summed E-state index contributed by atoms with van der Waals surface area (Å²) in [6, 6.07) is 29.9. The lowest BCUT2D eigenvalue weighted by Crippen LogP contribution is -2.33. The molecule has 4 heterocycles. The molecular weight excluding hydrogens is 961 g/mol. The number of nitrogens with zero attached hydrogens (tertiary/aromatic N) is 8. The number of fused-ring (bicyclic) bond motifs is 4. The maximum absolute atomic E-state index is 14.9. The normalized spacial score (nSPS) is 20.9. The van der Waals surface area contributed by atoms with Crippen LogP contribution >= 0.6 is 0 Å². The number of hydrogen-bond acceptors (Lipinski definition) is 8. The van der Waals surface area contributed by atoms with Crippen LogP contribution in [0.1, 0.15) is 157 Å². The van der Waals surface area contributed by atoms with Gasteiger partial charge in [-0.05, 0) is 104 Å². The van der Waals surface area contributed by atoms with Gasteiger partial charge in [-0.1, -0.05) is 129 Å². The molecule has 0 amide bonds. The first-order chi connectivity index (χ1) is 37.3. The van der Waals surface area contributed by atoms with E-state index in [1.54, 1.807) is 0 Å². The monoisotopic (exact) mass is 1030 g/mol. The maximum atomic E-state index is 14.9. The average Bonchev–Trinajstić information content (AvgIpc) is 4.15. The fourth-order valence-electron chi connectivity index (χ4n) is 13.0. The molecule has 0 atom stereocenters. The van der Waals surface area contributed by atoms with E-state index in [2.05, 4.69) is 163 Å². The second-order valence-electron chi connectivity index (χ2n) is 23.8. The fourth-order valence-corrected chi connectivity index (χ4v) is 13.0. The maximum Gasteiger partial charge on any atom is 0.216 e. The zero-order valence-corrected chi connectivity index (χ0v) is 48.0. The second-order valence-corrected chi connectivity index (χ2v) is 23.8. The van der Waals surface area contributed by atoms with E-state index >= 15 is 0 Å². The Kier molecular flexibility index (Phi) is 14.6. The van der Waals surface area contributed by atoms with Crippen LogP contribution in [0.25, 0.3) is 0 Å². The molecule has 0 radical (unpaired) electrons. The van der Waals surface area contributed by atoms with Gasteiger partial charge in [-0.25, -0.2) is 0 Å². The summed E-state index contributed by atoms with van der Waals surface area (Å²) in [4.78, 5) is 4.61. The van der Waals surface area contributed by atoms with Gasteiger partial charge >= 0.3 is 0 Å². The first-order valence-corrected chi connectivity index (χ1v) is 28.3. The predicted octanol–water partition coefficient (Wildman–Crippen LogP) is 12.8. The molecule has 3 aromatic carbocycles. The van der Waals surface area contributed by atoms with Crippen molar-refractivity contribution in [2.24, 2.45) is 0 Å². The molecule has 6 aliphatic rings. The van der Waals surface area contributed by atoms with Crippen molar-refractivity contribution in [3.63, 3.8) is 0 Å². The zero-order chi connectivity index (χ0) is 56.2. The molecule has 0 unspecified atom stereocenters. The lowest BCUT2D eigenvalue weighted by molar-refractivity contribution is -0.446. The summed E-state index contributed by atoms with van der Waals surface area (Å²) in [7, 11) is 0. The van der Waals surface area contributed by atoms with Crippen LogP contribution in [-0.4, -0.2) is 46.8 Å². The minimum Gasteiger partial charge on any atom is -0.872 e. The van der Waals surface area contributed by atoms with Gasteiger partial charge in [0.2, 0.25) is 11.4 Å². The third-order valence-corrected chi connectivity index (χ3v) is 17.6. The molecule has 398 valence electrons. The highest BCUT2D eigenvalue weighted by atomic mass is 16.3. The van der Waals surface area contributed by atoms with Gasteiger partial charge in [0, 0.05) is 94.0 Å². The second kappa shape index (κ2) is 20.8. The van der Waals surface area contributed by atoms with Crippen molar-refractivity contribution in [1.29, 1.82) is 21.0 Å². The number of allylic oxidation sites excluding steroid dienone is 12. The molecule has 78 heavy (non-hydrogen) atoms. The van der Waals surface area contributed by atoms with Gasteiger partial charge in [-0.3, -0.25) is 0 Å². The van der Waals surface area contributed by atoms with Gasteiger partial charge in [0.05, 0.1) is 16.9 Å². The number of rotatable bonds is 16. The van der Waals surface area contributed by atoms with Crippen LogP contribution in [0.15, 0.2) is 152 Å². The Morgan fingerprint density at radius 3 is 1.19 bits per heavy atom. The van der Waals surface area contributed by atoms with Gasteiger partial charge in [-0.15, -0.1) is 0 Å². The van der Waals surface area contributed by atoms with Gasteiger partial charge in [0.25, 0.3) is 0 Å². The highest BCUT2D eigenvalue weighted by molar-refractivity contribution is 6.08. The number of nitriles is 4. The van der Waals surface area contributed by atoms with E-state index in [9.17, 15) is 31.3 Å². The predicted molar refractivity (Wildman–Crippen MR) is 308 cm³/mol. The van der Waals surface area contributed by atoms with Gasteiger partial charge in [0.1, 0.15) is 48.5 Å². The van der Waals surface area contributed by atoms with E-state index < -0.39 is 21.7 Å². The minimum absolute atomic E-state index is 0.0810. The Hall–Kier alpha value is -7.92. The number of anilines is 2. The van der Waals surface area contributed by atoms with E-state index in [1.807, 2.05) is 48.6 Å². The van der Waals surface area contributed by atoms with Crippen molar-refractivity contribution < 1.29 is 19.4 Å². The molecule has 0 fully saturated rings. The first-order valence-electron chi connectivity index (χ1n) is 28.3. The van der Waals surface area contributed by atoms with Crippen molar-refractivity contribution >= 4 is 34.2 Å². The third-order valence-electron chi connectivity index (χ3n) is 17.6. The van der Waals surface area contributed by atoms with Gasteiger partial charge in [0.15, 0.2) is 11.4 Å². The van der Waals surface area contributed by atoms with Crippen LogP contribution in [0.4, 0.5) is 22.7 Å². The van der Waals surface area contributed by atoms with Crippen molar-refractivity contribution in [2.75, 3.05) is 36.0 Å². The van der Waals surface area contributed by atoms with Crippen molar-refractivity contribution in [3.8, 4) is 24.3 Å². The Balaban J connectivity index is 1.20. The first kappa shape index (κ1) is 54.9. The SMILES string of the molecule is CCCCN1/C(=C/C2=C([O-])C(=C\C3=[N+](CCCC)c4cc5c(cc4C3(C)C)C(C)(C)C(/C=C3C([O-])=C(/C=C4/N(CCCC)c6ccccc6C4(C)C)C\3=C(C#N)C#N)=[N+]5CCCC)/C2=C(C#N)C#N)C(C)(C)c2ccccc21. The van der Waals surface area contributed by atoms with Gasteiger partial charge in [-0.2, -0.15) is 30.2 Å². The Labute approximate surface area is 463 Å². The van der Waals surface area contributed by atoms with Crippen LogP contribution in [-0.2, 0) is 21.7 Å². The lowest BCUT2D eigenvalue weighted by Gasteiger charge is -2.36. The molecule has 0 spiro atoms. The average molecular weight is 1040 g/mol. The molecule has 0 saturated carbocycles. The third kappa shape index (κ3) is 8.48. The summed E-state index contributed by atoms with van der Waals surface area (Å²) >= 11 is 0. The Morgan fingerprint density at radius 2 is 0.846 bits per heavy atom. The van der Waals surface area contributed by atoms with E-state index in [1.165, 1.54) is 11.1 Å². The molecule has 10 nitrogen and oxygen atoms in total. The quantitative estimate of drug-likeness (QED) is 0.101. The molecular formula is C68H74N8O2.